The van der Waals surface area contributed by atoms with E-state index < -0.39 is 0 Å². The Morgan fingerprint density at radius 2 is 2.11 bits per heavy atom. The SMILES string of the molecule is CCNCc1ccc(Sc2nnc(C)s2)c(C)c1. The average molecular weight is 279 g/mol. The van der Waals surface area contributed by atoms with Crippen LogP contribution in [-0.4, -0.2) is 16.7 Å². The van der Waals surface area contributed by atoms with Crippen molar-refractivity contribution in [3.63, 3.8) is 0 Å². The minimum atomic E-state index is 0.931. The van der Waals surface area contributed by atoms with Crippen molar-refractivity contribution in [3.05, 3.63) is 34.3 Å². The summed E-state index contributed by atoms with van der Waals surface area (Å²) in [7, 11) is 0. The molecule has 1 heterocycles. The third kappa shape index (κ3) is 3.54. The van der Waals surface area contributed by atoms with Crippen LogP contribution in [0.1, 0.15) is 23.1 Å². The molecule has 2 aromatic rings. The fraction of sp³-hybridized carbons (Fsp3) is 0.385. The first-order chi connectivity index (χ1) is 8.69. The first-order valence-electron chi connectivity index (χ1n) is 5.97. The first kappa shape index (κ1) is 13.5. The highest BCUT2D eigenvalue weighted by atomic mass is 32.2. The highest BCUT2D eigenvalue weighted by molar-refractivity contribution is 8.01. The van der Waals surface area contributed by atoms with Gasteiger partial charge >= 0.3 is 0 Å². The van der Waals surface area contributed by atoms with Gasteiger partial charge in [0.05, 0.1) is 0 Å². The van der Waals surface area contributed by atoms with Gasteiger partial charge in [-0.25, -0.2) is 0 Å². The van der Waals surface area contributed by atoms with Gasteiger partial charge in [0.1, 0.15) is 5.01 Å². The van der Waals surface area contributed by atoms with Crippen molar-refractivity contribution in [2.45, 2.75) is 36.6 Å². The van der Waals surface area contributed by atoms with Crippen molar-refractivity contribution < 1.29 is 0 Å². The Morgan fingerprint density at radius 1 is 1.28 bits per heavy atom. The molecular formula is C13H17N3S2. The van der Waals surface area contributed by atoms with Crippen molar-refractivity contribution in [1.82, 2.24) is 15.5 Å². The number of hydrogen-bond donors (Lipinski definition) is 1. The normalized spacial score (nSPS) is 10.8. The van der Waals surface area contributed by atoms with Crippen LogP contribution in [0.25, 0.3) is 0 Å². The molecule has 1 aromatic carbocycles. The van der Waals surface area contributed by atoms with E-state index in [1.807, 2.05) is 6.92 Å². The Labute approximate surface area is 116 Å². The number of rotatable bonds is 5. The zero-order valence-corrected chi connectivity index (χ0v) is 12.5. The molecule has 1 N–H and O–H groups in total. The van der Waals surface area contributed by atoms with Crippen LogP contribution < -0.4 is 5.32 Å². The van der Waals surface area contributed by atoms with Crippen molar-refractivity contribution in [2.24, 2.45) is 0 Å². The van der Waals surface area contributed by atoms with Crippen molar-refractivity contribution in [3.8, 4) is 0 Å². The molecule has 0 aliphatic carbocycles. The van der Waals surface area contributed by atoms with E-state index in [0.717, 1.165) is 22.4 Å². The second-order valence-corrected chi connectivity index (χ2v) is 6.54. The Kier molecular flexibility index (Phi) is 4.74. The highest BCUT2D eigenvalue weighted by Gasteiger charge is 2.06. The largest absolute Gasteiger partial charge is 0.313 e. The zero-order chi connectivity index (χ0) is 13.0. The highest BCUT2D eigenvalue weighted by Crippen LogP contribution is 2.32. The summed E-state index contributed by atoms with van der Waals surface area (Å²) in [5.41, 5.74) is 2.62. The second kappa shape index (κ2) is 6.31. The van der Waals surface area contributed by atoms with Crippen LogP contribution in [0.15, 0.2) is 27.4 Å². The molecule has 3 nitrogen and oxygen atoms in total. The Bertz CT molecular complexity index is 523. The standard InChI is InChI=1S/C13H17N3S2/c1-4-14-8-11-5-6-12(9(2)7-11)18-13-16-15-10(3)17-13/h5-7,14H,4,8H2,1-3H3. The smallest absolute Gasteiger partial charge is 0.179 e. The van der Waals surface area contributed by atoms with E-state index in [-0.39, 0.29) is 0 Å². The van der Waals surface area contributed by atoms with Gasteiger partial charge < -0.3 is 5.32 Å². The van der Waals surface area contributed by atoms with Gasteiger partial charge in [0.2, 0.25) is 0 Å². The van der Waals surface area contributed by atoms with E-state index in [0.29, 0.717) is 0 Å². The van der Waals surface area contributed by atoms with E-state index >= 15 is 0 Å². The summed E-state index contributed by atoms with van der Waals surface area (Å²) in [6, 6.07) is 6.58. The average Bonchev–Trinajstić information content (AvgIpc) is 2.75. The minimum absolute atomic E-state index is 0.931. The van der Waals surface area contributed by atoms with Crippen LogP contribution in [0.4, 0.5) is 0 Å². The number of nitrogens with zero attached hydrogens (tertiary/aromatic N) is 2. The molecule has 0 saturated carbocycles. The minimum Gasteiger partial charge on any atom is -0.313 e. The maximum absolute atomic E-state index is 4.14. The van der Waals surface area contributed by atoms with E-state index in [1.165, 1.54) is 16.0 Å². The molecule has 0 saturated heterocycles. The third-order valence-electron chi connectivity index (χ3n) is 2.52. The van der Waals surface area contributed by atoms with Crippen LogP contribution in [0.5, 0.6) is 0 Å². The lowest BCUT2D eigenvalue weighted by atomic mass is 10.1. The second-order valence-electron chi connectivity index (χ2n) is 4.07. The van der Waals surface area contributed by atoms with Gasteiger partial charge in [-0.15, -0.1) is 10.2 Å². The third-order valence-corrected chi connectivity index (χ3v) is 4.59. The molecule has 5 heteroatoms. The quantitative estimate of drug-likeness (QED) is 0.910. The molecule has 0 radical (unpaired) electrons. The molecule has 0 unspecified atom stereocenters. The maximum atomic E-state index is 4.14. The summed E-state index contributed by atoms with van der Waals surface area (Å²) in [5.74, 6) is 0. The molecule has 0 bridgehead atoms. The molecular weight excluding hydrogens is 262 g/mol. The predicted octanol–water partition coefficient (Wildman–Crippen LogP) is 3.42. The van der Waals surface area contributed by atoms with Crippen LogP contribution in [0.2, 0.25) is 0 Å². The molecule has 1 aromatic heterocycles. The number of aromatic nitrogens is 2. The van der Waals surface area contributed by atoms with Gasteiger partial charge in [-0.3, -0.25) is 0 Å². The molecule has 0 spiro atoms. The number of aryl methyl sites for hydroxylation is 2. The molecule has 0 fully saturated rings. The monoisotopic (exact) mass is 279 g/mol. The Hall–Kier alpha value is -0.910. The van der Waals surface area contributed by atoms with Gasteiger partial charge in [-0.05, 0) is 37.6 Å². The lowest BCUT2D eigenvalue weighted by Crippen LogP contribution is -2.11. The lowest BCUT2D eigenvalue weighted by molar-refractivity contribution is 0.726. The van der Waals surface area contributed by atoms with E-state index in [2.05, 4.69) is 47.6 Å². The fourth-order valence-electron chi connectivity index (χ4n) is 1.62. The van der Waals surface area contributed by atoms with Gasteiger partial charge in [0.25, 0.3) is 0 Å². The van der Waals surface area contributed by atoms with Gasteiger partial charge in [-0.2, -0.15) is 0 Å². The number of nitrogens with one attached hydrogen (secondary N) is 1. The van der Waals surface area contributed by atoms with Crippen LogP contribution in [-0.2, 0) is 6.54 Å². The first-order valence-corrected chi connectivity index (χ1v) is 7.60. The maximum Gasteiger partial charge on any atom is 0.179 e. The molecule has 18 heavy (non-hydrogen) atoms. The molecule has 96 valence electrons. The van der Waals surface area contributed by atoms with Crippen LogP contribution in [0, 0.1) is 13.8 Å². The molecule has 0 atom stereocenters. The molecule has 2 rings (SSSR count). The van der Waals surface area contributed by atoms with E-state index in [1.54, 1.807) is 23.1 Å². The molecule has 0 aliphatic heterocycles. The van der Waals surface area contributed by atoms with E-state index in [9.17, 15) is 0 Å². The number of hydrogen-bond acceptors (Lipinski definition) is 5. The zero-order valence-electron chi connectivity index (χ0n) is 10.9. The van der Waals surface area contributed by atoms with Gasteiger partial charge in [0, 0.05) is 11.4 Å². The van der Waals surface area contributed by atoms with Crippen molar-refractivity contribution in [2.75, 3.05) is 6.54 Å². The summed E-state index contributed by atoms with van der Waals surface area (Å²) in [6.07, 6.45) is 0. The Morgan fingerprint density at radius 3 is 2.72 bits per heavy atom. The topological polar surface area (TPSA) is 37.8 Å². The van der Waals surface area contributed by atoms with Gasteiger partial charge in [-0.1, -0.05) is 42.2 Å². The van der Waals surface area contributed by atoms with Crippen molar-refractivity contribution >= 4 is 23.1 Å². The summed E-state index contributed by atoms with van der Waals surface area (Å²) in [6.45, 7) is 8.18. The van der Waals surface area contributed by atoms with Gasteiger partial charge in [0.15, 0.2) is 4.34 Å². The summed E-state index contributed by atoms with van der Waals surface area (Å²) in [5, 5.41) is 12.5. The Balaban J connectivity index is 2.09. The fourth-order valence-corrected chi connectivity index (χ4v) is 3.46. The molecule has 0 amide bonds. The van der Waals surface area contributed by atoms with Crippen LogP contribution in [0.3, 0.4) is 0 Å². The predicted molar refractivity (Wildman–Crippen MR) is 77.3 cm³/mol. The lowest BCUT2D eigenvalue weighted by Gasteiger charge is -2.07. The van der Waals surface area contributed by atoms with Crippen LogP contribution >= 0.6 is 23.1 Å². The van der Waals surface area contributed by atoms with E-state index in [4.69, 9.17) is 0 Å². The summed E-state index contributed by atoms with van der Waals surface area (Å²) >= 11 is 3.33. The van der Waals surface area contributed by atoms with Crippen molar-refractivity contribution in [1.29, 1.82) is 0 Å². The summed E-state index contributed by atoms with van der Waals surface area (Å²) in [4.78, 5) is 1.26. The summed E-state index contributed by atoms with van der Waals surface area (Å²) < 4.78 is 1.01. The molecule has 0 aliphatic rings. The number of benzene rings is 1.